The Hall–Kier alpha value is -1.68. The van der Waals surface area contributed by atoms with Crippen molar-refractivity contribution in [2.75, 3.05) is 0 Å². The van der Waals surface area contributed by atoms with Gasteiger partial charge in [-0.1, -0.05) is 6.07 Å². The van der Waals surface area contributed by atoms with E-state index in [1.54, 1.807) is 19.9 Å². The summed E-state index contributed by atoms with van der Waals surface area (Å²) < 4.78 is 33.1. The second-order valence-electron chi connectivity index (χ2n) is 10.3. The lowest BCUT2D eigenvalue weighted by Crippen LogP contribution is -2.48. The Morgan fingerprint density at radius 1 is 0.968 bits per heavy atom. The molecule has 6 rings (SSSR count). The molecular weight excluding hydrogens is 414 g/mol. The molecule has 6 heteroatoms. The number of ether oxygens (including phenoxy) is 1. The first-order chi connectivity index (χ1) is 14.6. The molecule has 4 bridgehead atoms. The average Bonchev–Trinajstić information content (AvgIpc) is 2.65. The zero-order chi connectivity index (χ0) is 22.1. The highest BCUT2D eigenvalue weighted by Crippen LogP contribution is 2.61. The Morgan fingerprint density at radius 2 is 1.48 bits per heavy atom. The summed E-state index contributed by atoms with van der Waals surface area (Å²) >= 11 is 0. The number of rotatable bonds is 4. The molecule has 0 heterocycles. The lowest BCUT2D eigenvalue weighted by Gasteiger charge is -2.57. The van der Waals surface area contributed by atoms with Crippen molar-refractivity contribution >= 4 is 12.9 Å². The van der Waals surface area contributed by atoms with E-state index in [0.29, 0.717) is 22.4 Å². The van der Waals surface area contributed by atoms with Crippen LogP contribution < -0.4 is 10.0 Å². The molecule has 166 valence electrons. The fourth-order valence-corrected chi connectivity index (χ4v) is 7.84. The van der Waals surface area contributed by atoms with Crippen molar-refractivity contribution < 1.29 is 23.5 Å². The molecule has 0 unspecified atom stereocenters. The standard InChI is InChI=1S/C25H30FO4P/c1-14-6-20(31(27,28)29)7-15(2)24(14)30-22-5-4-21(16(3)23(22)26)25-11-17-8-18(12-25)10-19(9-17)13-25/h4-7,17-19H,8-13H2,1-3H3,(H2,27,28,29). The van der Waals surface area contributed by atoms with E-state index in [1.807, 2.05) is 6.92 Å². The molecule has 0 saturated heterocycles. The summed E-state index contributed by atoms with van der Waals surface area (Å²) in [5.41, 5.74) is 3.10. The maximum atomic E-state index is 15.5. The van der Waals surface area contributed by atoms with Crippen LogP contribution in [0.1, 0.15) is 60.8 Å². The molecule has 0 radical (unpaired) electrons. The molecule has 4 saturated carbocycles. The molecule has 0 aliphatic heterocycles. The van der Waals surface area contributed by atoms with E-state index in [2.05, 4.69) is 6.07 Å². The van der Waals surface area contributed by atoms with Crippen LogP contribution in [0, 0.1) is 44.3 Å². The molecule has 0 amide bonds. The van der Waals surface area contributed by atoms with Crippen LogP contribution in [0.3, 0.4) is 0 Å². The van der Waals surface area contributed by atoms with Gasteiger partial charge in [0.15, 0.2) is 11.6 Å². The van der Waals surface area contributed by atoms with Crippen molar-refractivity contribution in [2.24, 2.45) is 17.8 Å². The van der Waals surface area contributed by atoms with Gasteiger partial charge in [-0.25, -0.2) is 4.39 Å². The van der Waals surface area contributed by atoms with Gasteiger partial charge in [0.05, 0.1) is 5.30 Å². The second-order valence-corrected chi connectivity index (χ2v) is 11.9. The van der Waals surface area contributed by atoms with Crippen molar-refractivity contribution in [2.45, 2.75) is 64.7 Å². The zero-order valence-corrected chi connectivity index (χ0v) is 19.2. The van der Waals surface area contributed by atoms with Gasteiger partial charge in [0.1, 0.15) is 5.75 Å². The Kier molecular flexibility index (Phi) is 4.89. The molecule has 2 N–H and O–H groups in total. The minimum atomic E-state index is -4.36. The molecule has 4 nitrogen and oxygen atoms in total. The van der Waals surface area contributed by atoms with Crippen LogP contribution in [0.4, 0.5) is 4.39 Å². The maximum absolute atomic E-state index is 15.5. The van der Waals surface area contributed by atoms with Crippen molar-refractivity contribution in [1.29, 1.82) is 0 Å². The van der Waals surface area contributed by atoms with E-state index in [1.165, 1.54) is 50.7 Å². The van der Waals surface area contributed by atoms with Crippen LogP contribution in [0.15, 0.2) is 24.3 Å². The Balaban J connectivity index is 1.48. The van der Waals surface area contributed by atoms with Crippen LogP contribution >= 0.6 is 7.60 Å². The monoisotopic (exact) mass is 444 g/mol. The number of aryl methyl sites for hydroxylation is 2. The van der Waals surface area contributed by atoms with Gasteiger partial charge in [0.25, 0.3) is 0 Å². The summed E-state index contributed by atoms with van der Waals surface area (Å²) in [7, 11) is -4.36. The molecule has 4 aliphatic rings. The Labute approximate surface area is 183 Å². The molecule has 0 atom stereocenters. The third-order valence-corrected chi connectivity index (χ3v) is 8.88. The highest BCUT2D eigenvalue weighted by Gasteiger charge is 2.52. The summed E-state index contributed by atoms with van der Waals surface area (Å²) in [4.78, 5) is 18.9. The number of hydrogen-bond acceptors (Lipinski definition) is 2. The second kappa shape index (κ2) is 7.16. The molecular formula is C25H30FO4P. The third kappa shape index (κ3) is 3.55. The third-order valence-electron chi connectivity index (χ3n) is 7.95. The van der Waals surface area contributed by atoms with Gasteiger partial charge in [0, 0.05) is 0 Å². The smallest absolute Gasteiger partial charge is 0.356 e. The minimum Gasteiger partial charge on any atom is -0.454 e. The van der Waals surface area contributed by atoms with E-state index in [4.69, 9.17) is 4.74 Å². The maximum Gasteiger partial charge on any atom is 0.356 e. The Bertz CT molecular complexity index is 1040. The van der Waals surface area contributed by atoms with Gasteiger partial charge >= 0.3 is 7.60 Å². The summed E-state index contributed by atoms with van der Waals surface area (Å²) in [6.07, 6.45) is 7.60. The average molecular weight is 444 g/mol. The minimum absolute atomic E-state index is 0.0522. The van der Waals surface area contributed by atoms with Gasteiger partial charge in [0.2, 0.25) is 0 Å². The van der Waals surface area contributed by atoms with Crippen LogP contribution in [0.5, 0.6) is 11.5 Å². The Morgan fingerprint density at radius 3 is 1.97 bits per heavy atom. The molecule has 0 aromatic heterocycles. The van der Waals surface area contributed by atoms with Crippen molar-refractivity contribution in [3.8, 4) is 11.5 Å². The lowest BCUT2D eigenvalue weighted by molar-refractivity contribution is -0.00563. The molecule has 2 aromatic rings. The summed E-state index contributed by atoms with van der Waals surface area (Å²) in [6.45, 7) is 5.30. The van der Waals surface area contributed by atoms with E-state index in [9.17, 15) is 14.4 Å². The van der Waals surface area contributed by atoms with Crippen molar-refractivity contribution in [3.05, 3.63) is 52.3 Å². The lowest BCUT2D eigenvalue weighted by atomic mass is 9.47. The van der Waals surface area contributed by atoms with Gasteiger partial charge in [-0.05, 0) is 123 Å². The van der Waals surface area contributed by atoms with Crippen LogP contribution in [0.25, 0.3) is 0 Å². The number of halogens is 1. The zero-order valence-electron chi connectivity index (χ0n) is 18.3. The van der Waals surface area contributed by atoms with Crippen LogP contribution in [0.2, 0.25) is 0 Å². The first-order valence-electron chi connectivity index (χ1n) is 11.2. The number of hydrogen-bond donors (Lipinski definition) is 2. The fourth-order valence-electron chi connectivity index (χ4n) is 7.12. The quantitative estimate of drug-likeness (QED) is 0.584. The largest absolute Gasteiger partial charge is 0.454 e. The highest BCUT2D eigenvalue weighted by molar-refractivity contribution is 7.60. The van der Waals surface area contributed by atoms with Gasteiger partial charge < -0.3 is 14.5 Å². The van der Waals surface area contributed by atoms with Crippen LogP contribution in [-0.4, -0.2) is 9.79 Å². The van der Waals surface area contributed by atoms with E-state index >= 15 is 4.39 Å². The van der Waals surface area contributed by atoms with Gasteiger partial charge in [-0.15, -0.1) is 0 Å². The van der Waals surface area contributed by atoms with Crippen LogP contribution in [-0.2, 0) is 9.98 Å². The molecule has 0 spiro atoms. The van der Waals surface area contributed by atoms with E-state index < -0.39 is 7.60 Å². The molecule has 31 heavy (non-hydrogen) atoms. The normalized spacial score (nSPS) is 29.4. The first-order valence-corrected chi connectivity index (χ1v) is 12.8. The van der Waals surface area contributed by atoms with Gasteiger partial charge in [-0.2, -0.15) is 0 Å². The first kappa shape index (κ1) is 21.2. The number of benzene rings is 2. The summed E-state index contributed by atoms with van der Waals surface area (Å²) in [5.74, 6) is 2.66. The van der Waals surface area contributed by atoms with E-state index in [0.717, 1.165) is 23.3 Å². The molecule has 4 fully saturated rings. The molecule has 4 aliphatic carbocycles. The SMILES string of the molecule is Cc1cc(P(=O)(O)O)cc(C)c1Oc1ccc(C23CC4CC(CC(C4)C2)C3)c(C)c1F. The predicted octanol–water partition coefficient (Wildman–Crippen LogP) is 5.81. The van der Waals surface area contributed by atoms with Crippen molar-refractivity contribution in [1.82, 2.24) is 0 Å². The fraction of sp³-hybridized carbons (Fsp3) is 0.520. The molecule has 2 aromatic carbocycles. The van der Waals surface area contributed by atoms with E-state index in [-0.39, 0.29) is 22.3 Å². The van der Waals surface area contributed by atoms with Crippen molar-refractivity contribution in [3.63, 3.8) is 0 Å². The topological polar surface area (TPSA) is 66.8 Å². The van der Waals surface area contributed by atoms with Gasteiger partial charge in [-0.3, -0.25) is 4.57 Å². The highest BCUT2D eigenvalue weighted by atomic mass is 31.2. The summed E-state index contributed by atoms with van der Waals surface area (Å²) in [5, 5.41) is -0.0522. The predicted molar refractivity (Wildman–Crippen MR) is 119 cm³/mol. The summed E-state index contributed by atoms with van der Waals surface area (Å²) in [6, 6.07) is 6.64.